The smallest absolute Gasteiger partial charge is 0.448 e. The Morgan fingerprint density at radius 2 is 1.71 bits per heavy atom. The minimum absolute atomic E-state index is 0.0799. The quantitative estimate of drug-likeness (QED) is 0.492. The second-order valence-corrected chi connectivity index (χ2v) is 6.01. The third-order valence-corrected chi connectivity index (χ3v) is 3.65. The molecule has 0 atom stereocenters. The molecule has 0 radical (unpaired) electrons. The summed E-state index contributed by atoms with van der Waals surface area (Å²) in [5, 5.41) is -3.55. The summed E-state index contributed by atoms with van der Waals surface area (Å²) in [6, 6.07) is 11.7. The fourth-order valence-corrected chi connectivity index (χ4v) is 1.98. The number of halogens is 2. The van der Waals surface area contributed by atoms with E-state index >= 15 is 0 Å². The summed E-state index contributed by atoms with van der Waals surface area (Å²) in [4.78, 5) is 22.4. The maximum Gasteiger partial charge on any atom is 0.465 e. The van der Waals surface area contributed by atoms with Gasteiger partial charge in [-0.2, -0.15) is 17.2 Å². The Morgan fingerprint density at radius 3 is 2.33 bits per heavy atom. The van der Waals surface area contributed by atoms with Gasteiger partial charge in [0, 0.05) is 0 Å². The van der Waals surface area contributed by atoms with Crippen LogP contribution in [0.1, 0.15) is 0 Å². The van der Waals surface area contributed by atoms with Crippen molar-refractivity contribution < 1.29 is 40.8 Å². The minimum atomic E-state index is -5.99. The topological polar surface area (TPSA) is 107 Å². The van der Waals surface area contributed by atoms with Crippen LogP contribution in [0.3, 0.4) is 0 Å². The standard InChI is InChI=1S/C14H10F2O7S/c15-14(16,24(19,20)21)13(18)22-8-12(17)23-11-6-5-9-3-1-2-4-10(9)7-11/h1-7H,8H2,(H,19,20,21). The van der Waals surface area contributed by atoms with Crippen LogP contribution in [0.5, 0.6) is 5.75 Å². The monoisotopic (exact) mass is 360 g/mol. The average molecular weight is 360 g/mol. The molecule has 0 saturated carbocycles. The number of carbonyl (C=O) groups is 2. The van der Waals surface area contributed by atoms with E-state index in [4.69, 9.17) is 9.29 Å². The second-order valence-electron chi connectivity index (χ2n) is 4.55. The molecule has 0 spiro atoms. The van der Waals surface area contributed by atoms with E-state index in [0.717, 1.165) is 10.8 Å². The lowest BCUT2D eigenvalue weighted by atomic mass is 10.1. The highest BCUT2D eigenvalue weighted by molar-refractivity contribution is 7.87. The number of benzene rings is 2. The molecule has 7 nitrogen and oxygen atoms in total. The molecule has 0 saturated heterocycles. The summed E-state index contributed by atoms with van der Waals surface area (Å²) in [7, 11) is -5.99. The lowest BCUT2D eigenvalue weighted by Crippen LogP contribution is -2.40. The number of alkyl halides is 2. The highest BCUT2D eigenvalue weighted by Gasteiger charge is 2.54. The van der Waals surface area contributed by atoms with E-state index in [0.29, 0.717) is 0 Å². The zero-order valence-corrected chi connectivity index (χ0v) is 12.6. The lowest BCUT2D eigenvalue weighted by molar-refractivity contribution is -0.166. The molecule has 128 valence electrons. The van der Waals surface area contributed by atoms with E-state index < -0.39 is 33.9 Å². The molecule has 0 aliphatic carbocycles. The molecule has 0 heterocycles. The average Bonchev–Trinajstić information content (AvgIpc) is 2.51. The molecule has 2 aromatic rings. The highest BCUT2D eigenvalue weighted by atomic mass is 32.2. The molecule has 0 unspecified atom stereocenters. The molecule has 0 aliphatic heterocycles. The van der Waals surface area contributed by atoms with Gasteiger partial charge in [-0.05, 0) is 22.9 Å². The van der Waals surface area contributed by atoms with Crippen molar-refractivity contribution in [3.05, 3.63) is 42.5 Å². The van der Waals surface area contributed by atoms with Crippen LogP contribution >= 0.6 is 0 Å². The Hall–Kier alpha value is -2.59. The van der Waals surface area contributed by atoms with Crippen molar-refractivity contribution in [1.29, 1.82) is 0 Å². The Labute approximate surface area is 134 Å². The predicted octanol–water partition coefficient (Wildman–Crippen LogP) is 1.77. The van der Waals surface area contributed by atoms with E-state index in [1.165, 1.54) is 12.1 Å². The first kappa shape index (κ1) is 17.8. The van der Waals surface area contributed by atoms with Crippen LogP contribution in [-0.4, -0.2) is 36.8 Å². The molecule has 1 N–H and O–H groups in total. The van der Waals surface area contributed by atoms with Crippen molar-refractivity contribution >= 4 is 32.8 Å². The number of rotatable bonds is 5. The van der Waals surface area contributed by atoms with Crippen molar-refractivity contribution in [2.75, 3.05) is 6.61 Å². The number of ether oxygens (including phenoxy) is 2. The van der Waals surface area contributed by atoms with Gasteiger partial charge in [0.25, 0.3) is 0 Å². The maximum atomic E-state index is 12.9. The lowest BCUT2D eigenvalue weighted by Gasteiger charge is -2.11. The summed E-state index contributed by atoms with van der Waals surface area (Å²) in [6.07, 6.45) is 0. The number of hydrogen-bond acceptors (Lipinski definition) is 6. The van der Waals surface area contributed by atoms with Gasteiger partial charge in [-0.15, -0.1) is 0 Å². The molecule has 24 heavy (non-hydrogen) atoms. The van der Waals surface area contributed by atoms with Crippen LogP contribution in [0.4, 0.5) is 8.78 Å². The molecule has 2 rings (SSSR count). The first-order valence-electron chi connectivity index (χ1n) is 6.33. The first-order valence-corrected chi connectivity index (χ1v) is 7.77. The number of carbonyl (C=O) groups excluding carboxylic acids is 2. The van der Waals surface area contributed by atoms with Crippen molar-refractivity contribution in [3.8, 4) is 5.75 Å². The number of fused-ring (bicyclic) bond motifs is 1. The number of esters is 2. The van der Waals surface area contributed by atoms with E-state index in [1.807, 2.05) is 12.1 Å². The summed E-state index contributed by atoms with van der Waals surface area (Å²) in [5.74, 6) is -3.71. The van der Waals surface area contributed by atoms with E-state index in [1.54, 1.807) is 18.2 Å². The third-order valence-electron chi connectivity index (χ3n) is 2.84. The van der Waals surface area contributed by atoms with Crippen LogP contribution in [0.15, 0.2) is 42.5 Å². The molecule has 10 heteroatoms. The largest absolute Gasteiger partial charge is 0.465 e. The summed E-state index contributed by atoms with van der Waals surface area (Å²) >= 11 is 0. The molecule has 0 aliphatic rings. The van der Waals surface area contributed by atoms with Crippen molar-refractivity contribution in [1.82, 2.24) is 0 Å². The molecule has 0 amide bonds. The summed E-state index contributed by atoms with van der Waals surface area (Å²) < 4.78 is 63.4. The zero-order valence-electron chi connectivity index (χ0n) is 11.8. The first-order chi connectivity index (χ1) is 11.1. The fourth-order valence-electron chi connectivity index (χ4n) is 1.71. The van der Waals surface area contributed by atoms with Gasteiger partial charge in [-0.1, -0.05) is 30.3 Å². The van der Waals surface area contributed by atoms with E-state index in [9.17, 15) is 26.8 Å². The van der Waals surface area contributed by atoms with Gasteiger partial charge in [0.05, 0.1) is 0 Å². The van der Waals surface area contributed by atoms with Gasteiger partial charge in [-0.3, -0.25) is 4.55 Å². The summed E-state index contributed by atoms with van der Waals surface area (Å²) in [6.45, 7) is -1.25. The van der Waals surface area contributed by atoms with Crippen LogP contribution in [0.2, 0.25) is 0 Å². The normalized spacial score (nSPS) is 12.0. The van der Waals surface area contributed by atoms with Crippen molar-refractivity contribution in [3.63, 3.8) is 0 Å². The maximum absolute atomic E-state index is 12.9. The SMILES string of the molecule is O=C(COC(=O)C(F)(F)S(=O)(=O)O)Oc1ccc2ccccc2c1. The Kier molecular flexibility index (Phi) is 4.81. The molecular weight excluding hydrogens is 350 g/mol. The van der Waals surface area contributed by atoms with Crippen LogP contribution in [0, 0.1) is 0 Å². The van der Waals surface area contributed by atoms with Crippen LogP contribution in [0.25, 0.3) is 10.8 Å². The number of hydrogen-bond donors (Lipinski definition) is 1. The van der Waals surface area contributed by atoms with Crippen molar-refractivity contribution in [2.45, 2.75) is 5.25 Å². The van der Waals surface area contributed by atoms with Gasteiger partial charge in [-0.25, -0.2) is 9.59 Å². The van der Waals surface area contributed by atoms with Crippen LogP contribution in [-0.2, 0) is 24.4 Å². The van der Waals surface area contributed by atoms with Gasteiger partial charge in [0.15, 0.2) is 6.61 Å². The summed E-state index contributed by atoms with van der Waals surface area (Å²) in [5.41, 5.74) is 0. The Balaban J connectivity index is 1.99. The Morgan fingerprint density at radius 1 is 1.08 bits per heavy atom. The fraction of sp³-hybridized carbons (Fsp3) is 0.143. The highest BCUT2D eigenvalue weighted by Crippen LogP contribution is 2.23. The molecule has 0 fully saturated rings. The zero-order chi connectivity index (χ0) is 18.0. The third kappa shape index (κ3) is 3.84. The minimum Gasteiger partial charge on any atom is -0.448 e. The predicted molar refractivity (Wildman–Crippen MR) is 77.0 cm³/mol. The van der Waals surface area contributed by atoms with Gasteiger partial charge in [0.2, 0.25) is 0 Å². The van der Waals surface area contributed by atoms with Crippen LogP contribution < -0.4 is 4.74 Å². The van der Waals surface area contributed by atoms with Gasteiger partial charge in [0.1, 0.15) is 5.75 Å². The van der Waals surface area contributed by atoms with E-state index in [-0.39, 0.29) is 5.75 Å². The molecular formula is C14H10F2O7S. The Bertz CT molecular complexity index is 893. The van der Waals surface area contributed by atoms with Gasteiger partial charge >= 0.3 is 27.3 Å². The van der Waals surface area contributed by atoms with Crippen molar-refractivity contribution in [2.24, 2.45) is 0 Å². The van der Waals surface area contributed by atoms with Gasteiger partial charge < -0.3 is 9.47 Å². The molecule has 0 bridgehead atoms. The molecule has 2 aromatic carbocycles. The second kappa shape index (κ2) is 6.49. The van der Waals surface area contributed by atoms with E-state index in [2.05, 4.69) is 4.74 Å². The molecule has 0 aromatic heterocycles.